The van der Waals surface area contributed by atoms with E-state index in [1.54, 1.807) is 0 Å². The minimum Gasteiger partial charge on any atom is -0.396 e. The van der Waals surface area contributed by atoms with Crippen LogP contribution in [0.15, 0.2) is 12.2 Å². The molecule has 0 bridgehead atoms. The molecule has 11 atom stereocenters. The number of hydrogen-bond acceptors (Lipinski definition) is 2. The summed E-state index contributed by atoms with van der Waals surface area (Å²) in [5.41, 5.74) is 2.65. The fourth-order valence-electron chi connectivity index (χ4n) is 11.2. The van der Waals surface area contributed by atoms with Crippen LogP contribution in [0.2, 0.25) is 0 Å². The van der Waals surface area contributed by atoms with Gasteiger partial charge in [-0.1, -0.05) is 39.8 Å². The van der Waals surface area contributed by atoms with Crippen LogP contribution in [0.4, 0.5) is 0 Å². The number of hydrogen-bond donors (Lipinski definition) is 2. The molecule has 2 N–H and O–H groups in total. The zero-order valence-corrected chi connectivity index (χ0v) is 20.9. The molecule has 5 fully saturated rings. The van der Waals surface area contributed by atoms with Gasteiger partial charge in [0, 0.05) is 6.61 Å². The molecule has 0 aromatic carbocycles. The second-order valence-corrected chi connectivity index (χ2v) is 13.7. The van der Waals surface area contributed by atoms with Gasteiger partial charge in [0.05, 0.1) is 6.10 Å². The van der Waals surface area contributed by atoms with Crippen molar-refractivity contribution in [1.82, 2.24) is 0 Å². The first kappa shape index (κ1) is 22.5. The van der Waals surface area contributed by atoms with Gasteiger partial charge in [0.25, 0.3) is 0 Å². The summed E-state index contributed by atoms with van der Waals surface area (Å²) in [7, 11) is 0. The van der Waals surface area contributed by atoms with E-state index in [9.17, 15) is 10.2 Å². The monoisotopic (exact) mass is 428 g/mol. The maximum Gasteiger partial charge on any atom is 0.0568 e. The van der Waals surface area contributed by atoms with Crippen LogP contribution in [0.3, 0.4) is 0 Å². The molecule has 0 heterocycles. The topological polar surface area (TPSA) is 40.5 Å². The van der Waals surface area contributed by atoms with Crippen molar-refractivity contribution in [3.63, 3.8) is 0 Å². The molecule has 176 valence electrons. The third kappa shape index (κ3) is 2.70. The Morgan fingerprint density at radius 2 is 1.61 bits per heavy atom. The standard InChI is InChI=1S/C29H48O2/c1-18(2)20-9-14-29(17-30)16-15-27(5)22(25(20)29)7-8-24-26(4)12-11-23(31)19(3)21(26)10-13-28(24,27)6/h19-25,30-31H,1,7-17H2,2-6H3/t19?,20-,21?,22?,23?,24?,25+,26?,27+,28?,29?/m0/s1. The second kappa shape index (κ2) is 7.08. The fourth-order valence-corrected chi connectivity index (χ4v) is 11.2. The average Bonchev–Trinajstić information content (AvgIpc) is 3.12. The maximum atomic E-state index is 10.6. The average molecular weight is 429 g/mol. The molecule has 0 spiro atoms. The zero-order chi connectivity index (χ0) is 22.4. The Morgan fingerprint density at radius 1 is 0.871 bits per heavy atom. The molecule has 8 unspecified atom stereocenters. The summed E-state index contributed by atoms with van der Waals surface area (Å²) in [6, 6.07) is 0. The third-order valence-electron chi connectivity index (χ3n) is 13.1. The predicted octanol–water partition coefficient (Wildman–Crippen LogP) is 6.61. The van der Waals surface area contributed by atoms with Gasteiger partial charge in [-0.3, -0.25) is 0 Å². The highest BCUT2D eigenvalue weighted by molar-refractivity contribution is 5.20. The van der Waals surface area contributed by atoms with Gasteiger partial charge >= 0.3 is 0 Å². The molecule has 0 aromatic heterocycles. The van der Waals surface area contributed by atoms with Crippen LogP contribution in [0.5, 0.6) is 0 Å². The van der Waals surface area contributed by atoms with Crippen LogP contribution in [0, 0.1) is 57.2 Å². The number of fused-ring (bicyclic) bond motifs is 7. The van der Waals surface area contributed by atoms with Crippen LogP contribution in [-0.4, -0.2) is 22.9 Å². The second-order valence-electron chi connectivity index (χ2n) is 13.7. The lowest BCUT2D eigenvalue weighted by molar-refractivity contribution is -0.237. The summed E-state index contributed by atoms with van der Waals surface area (Å²) in [5.74, 6) is 3.87. The minimum atomic E-state index is -0.0935. The van der Waals surface area contributed by atoms with E-state index < -0.39 is 0 Å². The molecule has 0 amide bonds. The molecule has 0 aromatic rings. The number of rotatable bonds is 2. The van der Waals surface area contributed by atoms with E-state index in [2.05, 4.69) is 41.2 Å². The van der Waals surface area contributed by atoms with Crippen molar-refractivity contribution in [2.45, 2.75) is 105 Å². The zero-order valence-electron chi connectivity index (χ0n) is 20.9. The summed E-state index contributed by atoms with van der Waals surface area (Å²) in [5, 5.41) is 21.3. The highest BCUT2D eigenvalue weighted by Gasteiger charge is 2.69. The van der Waals surface area contributed by atoms with E-state index in [4.69, 9.17) is 0 Å². The Kier molecular flexibility index (Phi) is 5.13. The summed E-state index contributed by atoms with van der Waals surface area (Å²) >= 11 is 0. The number of aliphatic hydroxyl groups excluding tert-OH is 2. The minimum absolute atomic E-state index is 0.0935. The Hall–Kier alpha value is -0.340. The largest absolute Gasteiger partial charge is 0.396 e. The maximum absolute atomic E-state index is 10.6. The quantitative estimate of drug-likeness (QED) is 0.486. The first-order valence-electron chi connectivity index (χ1n) is 13.5. The van der Waals surface area contributed by atoms with Crippen molar-refractivity contribution in [2.75, 3.05) is 6.61 Å². The van der Waals surface area contributed by atoms with E-state index in [-0.39, 0.29) is 11.5 Å². The molecule has 0 saturated heterocycles. The SMILES string of the molecule is C=C(C)[C@@H]1CCC2(CO)CC[C@]3(C)C(CCC4C5(C)CCC(O)C(C)C5CCC43C)[C@@H]12. The van der Waals surface area contributed by atoms with Crippen molar-refractivity contribution in [1.29, 1.82) is 0 Å². The summed E-state index contributed by atoms with van der Waals surface area (Å²) in [6.45, 7) is 17.3. The van der Waals surface area contributed by atoms with Crippen LogP contribution >= 0.6 is 0 Å². The smallest absolute Gasteiger partial charge is 0.0568 e. The molecule has 31 heavy (non-hydrogen) atoms. The predicted molar refractivity (Wildman–Crippen MR) is 127 cm³/mol. The number of allylic oxidation sites excluding steroid dienone is 1. The van der Waals surface area contributed by atoms with Gasteiger partial charge in [0.2, 0.25) is 0 Å². The van der Waals surface area contributed by atoms with E-state index in [0.717, 1.165) is 18.3 Å². The molecule has 2 nitrogen and oxygen atoms in total. The Bertz CT molecular complexity index is 745. The first-order valence-corrected chi connectivity index (χ1v) is 13.5. The van der Waals surface area contributed by atoms with Gasteiger partial charge in [-0.15, -0.1) is 0 Å². The lowest BCUT2D eigenvalue weighted by atomic mass is 9.33. The van der Waals surface area contributed by atoms with Crippen molar-refractivity contribution >= 4 is 0 Å². The van der Waals surface area contributed by atoms with Gasteiger partial charge in [0.1, 0.15) is 0 Å². The van der Waals surface area contributed by atoms with Gasteiger partial charge in [-0.05, 0) is 128 Å². The van der Waals surface area contributed by atoms with Crippen molar-refractivity contribution in [2.24, 2.45) is 57.2 Å². The lowest BCUT2D eigenvalue weighted by Gasteiger charge is -2.72. The van der Waals surface area contributed by atoms with Gasteiger partial charge in [-0.2, -0.15) is 0 Å². The van der Waals surface area contributed by atoms with Crippen molar-refractivity contribution < 1.29 is 10.2 Å². The highest BCUT2D eigenvalue weighted by Crippen LogP contribution is 2.76. The molecule has 0 radical (unpaired) electrons. The summed E-state index contributed by atoms with van der Waals surface area (Å²) in [6.07, 6.45) is 12.4. The van der Waals surface area contributed by atoms with Crippen LogP contribution in [0.25, 0.3) is 0 Å². The summed E-state index contributed by atoms with van der Waals surface area (Å²) < 4.78 is 0. The van der Waals surface area contributed by atoms with E-state index in [0.29, 0.717) is 46.5 Å². The van der Waals surface area contributed by atoms with E-state index in [1.807, 2.05) is 0 Å². The molecular weight excluding hydrogens is 380 g/mol. The third-order valence-corrected chi connectivity index (χ3v) is 13.1. The van der Waals surface area contributed by atoms with Crippen LogP contribution in [-0.2, 0) is 0 Å². The fraction of sp³-hybridized carbons (Fsp3) is 0.931. The molecular formula is C29H48O2. The first-order chi connectivity index (χ1) is 14.5. The molecule has 2 heteroatoms. The normalized spacial score (nSPS) is 58.6. The van der Waals surface area contributed by atoms with Crippen LogP contribution < -0.4 is 0 Å². The molecule has 5 rings (SSSR count). The Labute approximate surface area is 191 Å². The van der Waals surface area contributed by atoms with Gasteiger partial charge < -0.3 is 10.2 Å². The number of aliphatic hydroxyl groups is 2. The Morgan fingerprint density at radius 3 is 2.29 bits per heavy atom. The molecule has 5 saturated carbocycles. The molecule has 5 aliphatic rings. The Balaban J connectivity index is 1.54. The summed E-state index contributed by atoms with van der Waals surface area (Å²) in [4.78, 5) is 0. The van der Waals surface area contributed by atoms with Crippen molar-refractivity contribution in [3.8, 4) is 0 Å². The van der Waals surface area contributed by atoms with Gasteiger partial charge in [0.15, 0.2) is 0 Å². The van der Waals surface area contributed by atoms with Crippen LogP contribution in [0.1, 0.15) is 98.8 Å². The van der Waals surface area contributed by atoms with Crippen molar-refractivity contribution in [3.05, 3.63) is 12.2 Å². The lowest BCUT2D eigenvalue weighted by Crippen LogP contribution is -2.65. The van der Waals surface area contributed by atoms with E-state index >= 15 is 0 Å². The molecule has 0 aliphatic heterocycles. The highest BCUT2D eigenvalue weighted by atomic mass is 16.3. The molecule has 5 aliphatic carbocycles. The van der Waals surface area contributed by atoms with E-state index in [1.165, 1.54) is 63.4 Å². The van der Waals surface area contributed by atoms with Gasteiger partial charge in [-0.25, -0.2) is 0 Å².